The Morgan fingerprint density at radius 1 is 0.950 bits per heavy atom. The molecule has 6 heteroatoms. The van der Waals surface area contributed by atoms with Gasteiger partial charge in [-0.15, -0.1) is 4.57 Å². The molecule has 0 unspecified atom stereocenters. The maximum Gasteiger partial charge on any atom is 0.389 e. The van der Waals surface area contributed by atoms with Crippen LogP contribution in [-0.4, -0.2) is 11.9 Å². The fourth-order valence-corrected chi connectivity index (χ4v) is 1.53. The predicted octanol–water partition coefficient (Wildman–Crippen LogP) is 1.78. The van der Waals surface area contributed by atoms with Crippen LogP contribution in [0.2, 0.25) is 0 Å². The second-order valence-electron chi connectivity index (χ2n) is 4.08. The molecule has 0 aliphatic carbocycles. The third-order valence-electron chi connectivity index (χ3n) is 2.55. The highest BCUT2D eigenvalue weighted by atomic mass is 16.2. The van der Waals surface area contributed by atoms with Crippen LogP contribution in [-0.2, 0) is 0 Å². The van der Waals surface area contributed by atoms with Gasteiger partial charge in [-0.1, -0.05) is 18.2 Å². The Hall–Kier alpha value is -2.89. The minimum Gasteiger partial charge on any atom is -0.306 e. The van der Waals surface area contributed by atoms with Crippen molar-refractivity contribution in [3.05, 3.63) is 54.9 Å². The van der Waals surface area contributed by atoms with E-state index < -0.39 is 6.03 Å². The Morgan fingerprint density at radius 2 is 1.60 bits per heavy atom. The Bertz CT molecular complexity index is 596. The Balaban J connectivity index is 1.86. The highest BCUT2D eigenvalue weighted by molar-refractivity contribution is 5.89. The normalized spacial score (nSPS) is 9.65. The number of pyridine rings is 1. The topological polar surface area (TPSA) is 74.1 Å². The zero-order chi connectivity index (χ0) is 14.4. The second kappa shape index (κ2) is 6.33. The standard InChI is InChI=1S/C14H14N4O2/c1-11(19)18-9-7-12(8-10-18)15-14(20)17-16-13-5-3-2-4-6-13/h2-10,16H,1H3,(H,17,20)/p+1. The molecule has 0 radical (unpaired) electrons. The van der Waals surface area contributed by atoms with Gasteiger partial charge in [-0.05, 0) is 12.1 Å². The number of hydrogen-bond donors (Lipinski definition) is 3. The van der Waals surface area contributed by atoms with Crippen LogP contribution in [0.25, 0.3) is 0 Å². The van der Waals surface area contributed by atoms with E-state index >= 15 is 0 Å². The summed E-state index contributed by atoms with van der Waals surface area (Å²) < 4.78 is 1.42. The van der Waals surface area contributed by atoms with E-state index in [-0.39, 0.29) is 5.91 Å². The van der Waals surface area contributed by atoms with Gasteiger partial charge in [0.05, 0.1) is 18.3 Å². The van der Waals surface area contributed by atoms with E-state index in [9.17, 15) is 9.59 Å². The van der Waals surface area contributed by atoms with E-state index in [4.69, 9.17) is 0 Å². The molecule has 6 nitrogen and oxygen atoms in total. The largest absolute Gasteiger partial charge is 0.389 e. The first kappa shape index (κ1) is 13.5. The number of benzene rings is 1. The molecule has 0 spiro atoms. The van der Waals surface area contributed by atoms with Crippen molar-refractivity contribution in [3.8, 4) is 0 Å². The third-order valence-corrected chi connectivity index (χ3v) is 2.55. The molecular weight excluding hydrogens is 256 g/mol. The lowest BCUT2D eigenvalue weighted by atomic mass is 10.3. The summed E-state index contributed by atoms with van der Waals surface area (Å²) in [7, 11) is 0. The molecular formula is C14H15N4O2+. The summed E-state index contributed by atoms with van der Waals surface area (Å²) in [6.45, 7) is 1.46. The SMILES string of the molecule is CC(=O)[n+]1ccc(NC(=O)NNc2ccccc2)cc1. The third kappa shape index (κ3) is 3.81. The number of aromatic nitrogens is 1. The van der Waals surface area contributed by atoms with Gasteiger partial charge < -0.3 is 5.32 Å². The molecule has 2 aromatic rings. The molecule has 20 heavy (non-hydrogen) atoms. The molecule has 1 heterocycles. The summed E-state index contributed by atoms with van der Waals surface area (Å²) in [5.41, 5.74) is 6.66. The smallest absolute Gasteiger partial charge is 0.306 e. The molecule has 102 valence electrons. The average molecular weight is 271 g/mol. The summed E-state index contributed by atoms with van der Waals surface area (Å²) in [5, 5.41) is 2.64. The van der Waals surface area contributed by atoms with Gasteiger partial charge in [-0.3, -0.25) is 10.9 Å². The van der Waals surface area contributed by atoms with Crippen LogP contribution < -0.4 is 20.7 Å². The number of urea groups is 1. The van der Waals surface area contributed by atoms with Crippen LogP contribution >= 0.6 is 0 Å². The van der Waals surface area contributed by atoms with Crippen molar-refractivity contribution < 1.29 is 14.2 Å². The minimum atomic E-state index is -0.394. The minimum absolute atomic E-state index is 0.0910. The van der Waals surface area contributed by atoms with Gasteiger partial charge in [0.25, 0.3) is 0 Å². The number of nitrogens with zero attached hydrogens (tertiary/aromatic N) is 1. The molecule has 0 bridgehead atoms. The van der Waals surface area contributed by atoms with Gasteiger partial charge in [0.15, 0.2) is 12.4 Å². The lowest BCUT2D eigenvalue weighted by Crippen LogP contribution is -2.39. The summed E-state index contributed by atoms with van der Waals surface area (Å²) in [6, 6.07) is 12.2. The monoisotopic (exact) mass is 271 g/mol. The zero-order valence-corrected chi connectivity index (χ0v) is 11.0. The van der Waals surface area contributed by atoms with Gasteiger partial charge in [0.1, 0.15) is 0 Å². The lowest BCUT2D eigenvalue weighted by molar-refractivity contribution is -0.572. The van der Waals surface area contributed by atoms with Crippen LogP contribution in [0.1, 0.15) is 11.7 Å². The van der Waals surface area contributed by atoms with Gasteiger partial charge in [0, 0.05) is 12.1 Å². The van der Waals surface area contributed by atoms with E-state index in [0.29, 0.717) is 5.69 Å². The van der Waals surface area contributed by atoms with Crippen molar-refractivity contribution >= 4 is 23.3 Å². The van der Waals surface area contributed by atoms with E-state index in [1.807, 2.05) is 30.3 Å². The molecule has 0 atom stereocenters. The summed E-state index contributed by atoms with van der Waals surface area (Å²) in [4.78, 5) is 22.7. The summed E-state index contributed by atoms with van der Waals surface area (Å²) >= 11 is 0. The number of nitrogens with one attached hydrogen (secondary N) is 3. The van der Waals surface area contributed by atoms with E-state index in [1.165, 1.54) is 11.5 Å². The van der Waals surface area contributed by atoms with Crippen LogP contribution in [0.15, 0.2) is 54.9 Å². The first-order valence-electron chi connectivity index (χ1n) is 6.05. The van der Waals surface area contributed by atoms with Gasteiger partial charge in [0.2, 0.25) is 0 Å². The van der Waals surface area contributed by atoms with Crippen LogP contribution in [0.3, 0.4) is 0 Å². The molecule has 1 aromatic heterocycles. The maximum atomic E-state index is 11.6. The predicted molar refractivity (Wildman–Crippen MR) is 75.2 cm³/mol. The molecule has 0 saturated heterocycles. The van der Waals surface area contributed by atoms with E-state index in [2.05, 4.69) is 16.2 Å². The van der Waals surface area contributed by atoms with Crippen LogP contribution in [0.5, 0.6) is 0 Å². The van der Waals surface area contributed by atoms with Crippen molar-refractivity contribution in [1.29, 1.82) is 0 Å². The van der Waals surface area contributed by atoms with Gasteiger partial charge >= 0.3 is 11.9 Å². The number of carbonyl (C=O) groups is 2. The highest BCUT2D eigenvalue weighted by Crippen LogP contribution is 2.04. The van der Waals surface area contributed by atoms with Gasteiger partial charge in [-0.25, -0.2) is 9.59 Å². The average Bonchev–Trinajstić information content (AvgIpc) is 2.47. The maximum absolute atomic E-state index is 11.6. The summed E-state index contributed by atoms with van der Waals surface area (Å²) in [5.74, 6) is -0.0910. The second-order valence-corrected chi connectivity index (χ2v) is 4.08. The first-order chi connectivity index (χ1) is 9.65. The fourth-order valence-electron chi connectivity index (χ4n) is 1.53. The van der Waals surface area contributed by atoms with Crippen molar-refractivity contribution in [2.45, 2.75) is 6.92 Å². The van der Waals surface area contributed by atoms with Crippen molar-refractivity contribution in [1.82, 2.24) is 5.43 Å². The van der Waals surface area contributed by atoms with Crippen molar-refractivity contribution in [2.75, 3.05) is 10.7 Å². The highest BCUT2D eigenvalue weighted by Gasteiger charge is 2.07. The molecule has 2 rings (SSSR count). The number of hydrogen-bond acceptors (Lipinski definition) is 3. The molecule has 0 saturated carbocycles. The first-order valence-corrected chi connectivity index (χ1v) is 6.05. The molecule has 0 aliphatic rings. The zero-order valence-electron chi connectivity index (χ0n) is 11.0. The van der Waals surface area contributed by atoms with Crippen molar-refractivity contribution in [2.24, 2.45) is 0 Å². The number of amides is 2. The Kier molecular flexibility index (Phi) is 4.28. The Labute approximate surface area is 116 Å². The van der Waals surface area contributed by atoms with Crippen molar-refractivity contribution in [3.63, 3.8) is 0 Å². The number of carbonyl (C=O) groups excluding carboxylic acids is 2. The molecule has 3 N–H and O–H groups in total. The lowest BCUT2D eigenvalue weighted by Gasteiger charge is -2.09. The van der Waals surface area contributed by atoms with E-state index in [0.717, 1.165) is 5.69 Å². The Morgan fingerprint density at radius 3 is 2.20 bits per heavy atom. The van der Waals surface area contributed by atoms with Gasteiger partial charge in [-0.2, -0.15) is 0 Å². The quantitative estimate of drug-likeness (QED) is 0.588. The molecule has 0 aliphatic heterocycles. The molecule has 2 amide bonds. The van der Waals surface area contributed by atoms with E-state index in [1.54, 1.807) is 24.5 Å². The molecule has 0 fully saturated rings. The summed E-state index contributed by atoms with van der Waals surface area (Å²) in [6.07, 6.45) is 3.17. The molecule has 1 aromatic carbocycles. The number of hydrazine groups is 1. The fraction of sp³-hybridized carbons (Fsp3) is 0.0714. The van der Waals surface area contributed by atoms with Crippen LogP contribution in [0.4, 0.5) is 16.2 Å². The number of anilines is 2. The number of para-hydroxylation sites is 1. The van der Waals surface area contributed by atoms with Crippen LogP contribution in [0, 0.1) is 0 Å². The number of rotatable bonds is 3.